The summed E-state index contributed by atoms with van der Waals surface area (Å²) in [4.78, 5) is 93.1. The number of benzene rings is 3. The second-order valence-corrected chi connectivity index (χ2v) is 20.3. The van der Waals surface area contributed by atoms with E-state index in [9.17, 15) is 28.8 Å². The number of carbonyl (C=O) groups is 6. The van der Waals surface area contributed by atoms with Crippen LogP contribution in [0.3, 0.4) is 0 Å². The second kappa shape index (κ2) is 19.9. The second-order valence-electron chi connectivity index (χ2n) is 19.4. The van der Waals surface area contributed by atoms with Gasteiger partial charge in [0.1, 0.15) is 30.1 Å². The third-order valence-corrected chi connectivity index (χ3v) is 14.2. The van der Waals surface area contributed by atoms with Gasteiger partial charge in [-0.25, -0.2) is 24.4 Å². The van der Waals surface area contributed by atoms with E-state index < -0.39 is 66.1 Å². The Morgan fingerprint density at radius 3 is 2.26 bits per heavy atom. The van der Waals surface area contributed by atoms with Gasteiger partial charge < -0.3 is 34.2 Å². The summed E-state index contributed by atoms with van der Waals surface area (Å²) in [6.45, 7) is 11.4. The molecule has 3 aromatic carbocycles. The number of amides is 6. The van der Waals surface area contributed by atoms with Crippen molar-refractivity contribution in [1.29, 1.82) is 0 Å². The first-order valence-electron chi connectivity index (χ1n) is 22.9. The van der Waals surface area contributed by atoms with E-state index in [1.165, 1.54) is 12.5 Å². The number of urea groups is 1. The smallest absolute Gasteiger partial charge is 0.482 e. The fourth-order valence-corrected chi connectivity index (χ4v) is 10.4. The first-order chi connectivity index (χ1) is 32.8. The van der Waals surface area contributed by atoms with Crippen LogP contribution in [0.2, 0.25) is 0 Å². The summed E-state index contributed by atoms with van der Waals surface area (Å²) in [7, 11) is 0.423. The van der Waals surface area contributed by atoms with Crippen LogP contribution in [-0.4, -0.2) is 101 Å². The van der Waals surface area contributed by atoms with Crippen LogP contribution in [0.1, 0.15) is 93.2 Å². The number of methoxy groups -OCH3 is 1. The van der Waals surface area contributed by atoms with Crippen LogP contribution in [0.4, 0.5) is 14.7 Å². The number of thiazole rings is 1. The molecular weight excluding hydrogens is 907 g/mol. The van der Waals surface area contributed by atoms with E-state index in [0.29, 0.717) is 16.4 Å². The summed E-state index contributed by atoms with van der Waals surface area (Å²) in [6.07, 6.45) is 0.660. The van der Waals surface area contributed by atoms with Crippen molar-refractivity contribution in [1.82, 2.24) is 25.6 Å². The molecule has 1 aromatic heterocycles. The highest BCUT2D eigenvalue weighted by Gasteiger charge is 2.68. The first-order valence-corrected chi connectivity index (χ1v) is 23.8. The zero-order chi connectivity index (χ0) is 49.3. The fraction of sp³-hybridized carbons (Fsp3) is 0.449. The number of nitrogens with one attached hydrogen (secondary N) is 3. The number of nitrogens with zero attached hydrogens (tertiary/aromatic N) is 3. The Balaban J connectivity index is 1.07. The maximum absolute atomic E-state index is 15.0. The van der Waals surface area contributed by atoms with Crippen LogP contribution in [0.5, 0.6) is 5.75 Å². The van der Waals surface area contributed by atoms with Crippen LogP contribution in [-0.2, 0) is 57.6 Å². The third-order valence-electron chi connectivity index (χ3n) is 13.4. The molecule has 4 aromatic rings. The van der Waals surface area contributed by atoms with Crippen LogP contribution in [0.25, 0.3) is 0 Å². The molecular formula is C49H57BN6O12S. The van der Waals surface area contributed by atoms with Crippen molar-refractivity contribution in [3.63, 3.8) is 0 Å². The monoisotopic (exact) mass is 964 g/mol. The minimum absolute atomic E-state index is 0.00520. The largest absolute Gasteiger partial charge is 0.496 e. The SMILES string of the molecule is COc1c(C[C@H](NC(=O)[C@H](NC(=O)N2CCN(OCc3ccccc3)C(=O)C2=O)c2csc(NC(=O)OCc3ccccc3)n2)B2OC3C[C@H]4C[C@@H](C4(C)C)[C@]3(C)O2)cccc1C(=O)OC(C)(C)C. The van der Waals surface area contributed by atoms with Gasteiger partial charge in [0.05, 0.1) is 43.5 Å². The molecule has 2 saturated heterocycles. The summed E-state index contributed by atoms with van der Waals surface area (Å²) >= 11 is 0.968. The van der Waals surface area contributed by atoms with Gasteiger partial charge in [0, 0.05) is 5.38 Å². The number of rotatable bonds is 15. The minimum Gasteiger partial charge on any atom is -0.496 e. The standard InChI is InChI=1S/C49H57BN6O12S/c1-47(2,3)66-43(60)33-20-14-19-31(39(33)63-7)23-37(50-67-36-25-32-24-35(48(32,4)5)49(36,6)68-50)52-40(57)38(34-28-69-44(51-34)54-46(62)64-26-29-15-10-8-11-16-29)53-45(61)55-21-22-56(42(59)41(55)58)65-27-30-17-12-9-13-18-30/h8-20,28,32,35-38H,21-27H2,1-7H3,(H,52,57)(H,53,61)(H,51,54,62)/t32-,35+,36?,37+,38-,49+/m1/s1. The number of hydroxylamine groups is 2. The van der Waals surface area contributed by atoms with Crippen molar-refractivity contribution in [3.8, 4) is 5.75 Å². The number of carbonyl (C=O) groups excluding carboxylic acids is 6. The van der Waals surface area contributed by atoms with Crippen molar-refractivity contribution in [3.05, 3.63) is 112 Å². The zero-order valence-corrected chi connectivity index (χ0v) is 40.5. The number of imide groups is 1. The summed E-state index contributed by atoms with van der Waals surface area (Å²) < 4.78 is 30.6. The lowest BCUT2D eigenvalue weighted by Crippen LogP contribution is -2.65. The van der Waals surface area contributed by atoms with Gasteiger partial charge in [0.25, 0.3) is 0 Å². The number of piperazine rings is 1. The van der Waals surface area contributed by atoms with E-state index in [1.807, 2.05) is 43.3 Å². The highest BCUT2D eigenvalue weighted by molar-refractivity contribution is 7.14. The third kappa shape index (κ3) is 10.6. The molecule has 1 unspecified atom stereocenters. The zero-order valence-electron chi connectivity index (χ0n) is 39.6. The molecule has 0 spiro atoms. The molecule has 5 fully saturated rings. The lowest BCUT2D eigenvalue weighted by molar-refractivity contribution is -0.201. The molecule has 0 radical (unpaired) electrons. The summed E-state index contributed by atoms with van der Waals surface area (Å²) in [5.74, 6) is -3.78. The van der Waals surface area contributed by atoms with Gasteiger partial charge in [-0.05, 0) is 87.0 Å². The minimum atomic E-state index is -1.61. The Morgan fingerprint density at radius 1 is 0.899 bits per heavy atom. The number of ether oxygens (including phenoxy) is 3. The molecule has 3 heterocycles. The summed E-state index contributed by atoms with van der Waals surface area (Å²) in [5, 5.41) is 10.7. The lowest BCUT2D eigenvalue weighted by Gasteiger charge is -2.64. The lowest BCUT2D eigenvalue weighted by atomic mass is 9.43. The molecule has 69 heavy (non-hydrogen) atoms. The van der Waals surface area contributed by atoms with E-state index in [2.05, 4.69) is 34.8 Å². The molecule has 18 nitrogen and oxygen atoms in total. The molecule has 364 valence electrons. The van der Waals surface area contributed by atoms with Crippen molar-refractivity contribution in [2.24, 2.45) is 17.3 Å². The molecule has 5 aliphatic rings. The van der Waals surface area contributed by atoms with Gasteiger partial charge in [-0.3, -0.25) is 29.4 Å². The number of hydrogen-bond acceptors (Lipinski definition) is 14. The maximum Gasteiger partial charge on any atom is 0.482 e. The maximum atomic E-state index is 15.0. The summed E-state index contributed by atoms with van der Waals surface area (Å²) in [5.41, 5.74) is 0.735. The van der Waals surface area contributed by atoms with E-state index in [-0.39, 0.29) is 72.3 Å². The quantitative estimate of drug-likeness (QED) is 0.0669. The van der Waals surface area contributed by atoms with E-state index >= 15 is 0 Å². The Morgan fingerprint density at radius 2 is 1.59 bits per heavy atom. The number of aromatic nitrogens is 1. The normalized spacial score (nSPS) is 22.4. The highest BCUT2D eigenvalue weighted by Crippen LogP contribution is 2.65. The van der Waals surface area contributed by atoms with Crippen LogP contribution < -0.4 is 20.7 Å². The van der Waals surface area contributed by atoms with E-state index in [0.717, 1.165) is 40.4 Å². The van der Waals surface area contributed by atoms with Crippen molar-refractivity contribution in [2.45, 2.75) is 103 Å². The Bertz CT molecular complexity index is 2580. The Labute approximate surface area is 404 Å². The van der Waals surface area contributed by atoms with E-state index in [1.54, 1.807) is 63.2 Å². The van der Waals surface area contributed by atoms with Gasteiger partial charge in [-0.15, -0.1) is 11.3 Å². The predicted octanol–water partition coefficient (Wildman–Crippen LogP) is 6.40. The molecule has 9 rings (SSSR count). The number of esters is 1. The topological polar surface area (TPSA) is 213 Å². The van der Waals surface area contributed by atoms with E-state index in [4.69, 9.17) is 28.4 Å². The molecule has 20 heteroatoms. The Kier molecular flexibility index (Phi) is 14.2. The van der Waals surface area contributed by atoms with Crippen molar-refractivity contribution >= 4 is 59.4 Å². The number of anilines is 1. The van der Waals surface area contributed by atoms with Gasteiger partial charge in [0.15, 0.2) is 11.2 Å². The molecule has 3 saturated carbocycles. The molecule has 2 bridgehead atoms. The van der Waals surface area contributed by atoms with Gasteiger partial charge in [0.2, 0.25) is 5.91 Å². The predicted molar refractivity (Wildman–Crippen MR) is 252 cm³/mol. The van der Waals surface area contributed by atoms with Crippen molar-refractivity contribution in [2.75, 3.05) is 25.5 Å². The van der Waals surface area contributed by atoms with Crippen LogP contribution in [0, 0.1) is 17.3 Å². The fourth-order valence-electron chi connectivity index (χ4n) is 9.73. The highest BCUT2D eigenvalue weighted by atomic mass is 32.1. The molecule has 6 atom stereocenters. The van der Waals surface area contributed by atoms with Gasteiger partial charge >= 0.3 is 37.0 Å². The molecule has 2 aliphatic heterocycles. The number of hydrogen-bond donors (Lipinski definition) is 3. The van der Waals surface area contributed by atoms with Gasteiger partial charge in [-0.1, -0.05) is 86.6 Å². The van der Waals surface area contributed by atoms with Gasteiger partial charge in [-0.2, -0.15) is 0 Å². The molecule has 6 amide bonds. The number of para-hydroxylation sites is 1. The van der Waals surface area contributed by atoms with Crippen LogP contribution in [0.15, 0.2) is 84.2 Å². The average molecular weight is 965 g/mol. The van der Waals surface area contributed by atoms with Crippen molar-refractivity contribution < 1.29 is 57.1 Å². The van der Waals surface area contributed by atoms with Crippen LogP contribution >= 0.6 is 11.3 Å². The molecule has 3 aliphatic carbocycles. The molecule has 3 N–H and O–H groups in total. The Hall–Kier alpha value is -6.35. The summed E-state index contributed by atoms with van der Waals surface area (Å²) in [6, 6.07) is 20.5. The average Bonchev–Trinajstić information content (AvgIpc) is 3.93. The first kappa shape index (κ1) is 49.1.